The fraction of sp³-hybridized carbons (Fsp3) is 0.600. The third kappa shape index (κ3) is 7.24. The average molecular weight is 735 g/mol. The summed E-state index contributed by atoms with van der Waals surface area (Å²) in [4.78, 5) is 49.6. The number of amides is 2. The Morgan fingerprint density at radius 2 is 1.79 bits per heavy atom. The fourth-order valence-corrected chi connectivity index (χ4v) is 9.99. The molecule has 12 heteroatoms. The van der Waals surface area contributed by atoms with Crippen LogP contribution in [0.1, 0.15) is 102 Å². The van der Waals surface area contributed by atoms with Crippen LogP contribution in [0.4, 0.5) is 4.39 Å². The van der Waals surface area contributed by atoms with E-state index in [4.69, 9.17) is 9.72 Å². The van der Waals surface area contributed by atoms with Gasteiger partial charge in [0.2, 0.25) is 21.8 Å². The standard InChI is InChI=1S/C40H51FN4O6S/c1-4-44-33-15-11-10-14-32(33)42-38(44)51-31-22-34-35(46)24-40(37(48)43-52(49,50)39(3)16-17-39)23-29(40)13-9-7-5-6-8-12-28(36(47)45(34)25-31)20-27-18-26(2)19-30(41)21-27/h10-11,14-15,18-19,21,28-29,31,34H,4-9,12-13,16-17,20,22-25H2,1-3H3,(H,43,48)/t28-,29-,31-,34+,40-/m1/s1. The maximum Gasteiger partial charge on any atom is 0.297 e. The molecule has 4 aliphatic rings. The van der Waals surface area contributed by atoms with Crippen molar-refractivity contribution < 1.29 is 31.9 Å². The number of aryl methyl sites for hydroxylation is 2. The molecule has 280 valence electrons. The zero-order chi connectivity index (χ0) is 36.8. The number of aromatic nitrogens is 2. The van der Waals surface area contributed by atoms with Crippen molar-refractivity contribution in [2.75, 3.05) is 6.54 Å². The van der Waals surface area contributed by atoms with Crippen LogP contribution in [0.5, 0.6) is 6.01 Å². The smallest absolute Gasteiger partial charge is 0.297 e. The van der Waals surface area contributed by atoms with Crippen molar-refractivity contribution in [2.45, 2.75) is 128 Å². The van der Waals surface area contributed by atoms with Crippen LogP contribution in [0.15, 0.2) is 42.5 Å². The van der Waals surface area contributed by atoms with E-state index in [0.717, 1.165) is 60.7 Å². The van der Waals surface area contributed by atoms with Gasteiger partial charge in [0.1, 0.15) is 11.9 Å². The van der Waals surface area contributed by atoms with E-state index in [-0.39, 0.29) is 42.8 Å². The summed E-state index contributed by atoms with van der Waals surface area (Å²) in [6, 6.07) is 12.2. The molecule has 2 aliphatic carbocycles. The molecule has 0 bridgehead atoms. The number of carbonyl (C=O) groups excluding carboxylic acids is 3. The molecule has 3 heterocycles. The topological polar surface area (TPSA) is 128 Å². The Hall–Kier alpha value is -3.80. The Morgan fingerprint density at radius 3 is 2.52 bits per heavy atom. The van der Waals surface area contributed by atoms with Crippen LogP contribution in [-0.4, -0.2) is 63.9 Å². The minimum Gasteiger partial charge on any atom is -0.459 e. The lowest BCUT2D eigenvalue weighted by atomic mass is 9.89. The van der Waals surface area contributed by atoms with E-state index in [2.05, 4.69) is 4.72 Å². The van der Waals surface area contributed by atoms with Gasteiger partial charge in [-0.2, -0.15) is 4.98 Å². The Kier molecular flexibility index (Phi) is 9.99. The predicted octanol–water partition coefficient (Wildman–Crippen LogP) is 6.42. The summed E-state index contributed by atoms with van der Waals surface area (Å²) in [6.07, 6.45) is 7.23. The molecule has 3 aromatic rings. The summed E-state index contributed by atoms with van der Waals surface area (Å²) in [5.41, 5.74) is 2.10. The number of fused-ring (bicyclic) bond motifs is 3. The van der Waals surface area contributed by atoms with Crippen LogP contribution >= 0.6 is 0 Å². The van der Waals surface area contributed by atoms with Crippen LogP contribution in [0.3, 0.4) is 0 Å². The van der Waals surface area contributed by atoms with E-state index >= 15 is 0 Å². The van der Waals surface area contributed by atoms with E-state index in [1.54, 1.807) is 11.8 Å². The number of ether oxygens (including phenoxy) is 1. The largest absolute Gasteiger partial charge is 0.459 e. The number of nitrogens with zero attached hydrogens (tertiary/aromatic N) is 3. The molecule has 2 aromatic carbocycles. The second kappa shape index (κ2) is 14.2. The number of ketones is 1. The highest BCUT2D eigenvalue weighted by Crippen LogP contribution is 2.59. The number of imidazole rings is 1. The molecule has 5 atom stereocenters. The molecule has 7 rings (SSSR count). The molecule has 2 saturated heterocycles. The highest BCUT2D eigenvalue weighted by molar-refractivity contribution is 7.91. The average Bonchev–Trinajstić information content (AvgIpc) is 3.92. The van der Waals surface area contributed by atoms with Gasteiger partial charge < -0.3 is 9.64 Å². The first kappa shape index (κ1) is 36.6. The van der Waals surface area contributed by atoms with Crippen molar-refractivity contribution in [3.8, 4) is 6.01 Å². The summed E-state index contributed by atoms with van der Waals surface area (Å²) in [5, 5.41) is 0. The highest BCUT2D eigenvalue weighted by Gasteiger charge is 2.63. The number of hydrogen-bond acceptors (Lipinski definition) is 7. The van der Waals surface area contributed by atoms with Crippen molar-refractivity contribution in [3.63, 3.8) is 0 Å². The van der Waals surface area contributed by atoms with Crippen molar-refractivity contribution >= 4 is 38.7 Å². The zero-order valence-electron chi connectivity index (χ0n) is 30.5. The fourth-order valence-electron chi connectivity index (χ4n) is 8.66. The van der Waals surface area contributed by atoms with Gasteiger partial charge in [0, 0.05) is 25.3 Å². The molecule has 0 spiro atoms. The van der Waals surface area contributed by atoms with Gasteiger partial charge in [0.15, 0.2) is 5.78 Å². The number of Topliss-reactive ketones (excluding diaryl/α,β-unsaturated/α-hetero) is 1. The minimum atomic E-state index is -3.89. The third-order valence-corrected chi connectivity index (χ3v) is 14.3. The predicted molar refractivity (Wildman–Crippen MR) is 195 cm³/mol. The quantitative estimate of drug-likeness (QED) is 0.283. The van der Waals surface area contributed by atoms with E-state index in [1.165, 1.54) is 12.1 Å². The molecule has 2 amide bonds. The number of carbonyl (C=O) groups is 3. The summed E-state index contributed by atoms with van der Waals surface area (Å²) >= 11 is 0. The first-order chi connectivity index (χ1) is 24.8. The summed E-state index contributed by atoms with van der Waals surface area (Å²) in [5.74, 6) is -1.96. The number of sulfonamides is 1. The summed E-state index contributed by atoms with van der Waals surface area (Å²) in [7, 11) is -3.89. The van der Waals surface area contributed by atoms with Gasteiger partial charge in [-0.1, -0.05) is 50.3 Å². The molecule has 10 nitrogen and oxygen atoms in total. The second-order valence-corrected chi connectivity index (χ2v) is 18.3. The van der Waals surface area contributed by atoms with Crippen LogP contribution in [-0.2, 0) is 37.4 Å². The van der Waals surface area contributed by atoms with Crippen molar-refractivity contribution in [1.29, 1.82) is 0 Å². The first-order valence-corrected chi connectivity index (χ1v) is 20.6. The molecule has 2 aliphatic heterocycles. The molecule has 1 N–H and O–H groups in total. The number of rotatable bonds is 8. The van der Waals surface area contributed by atoms with Crippen molar-refractivity contribution in [1.82, 2.24) is 19.2 Å². The minimum absolute atomic E-state index is 0.102. The van der Waals surface area contributed by atoms with Crippen LogP contribution in [0.25, 0.3) is 11.0 Å². The van der Waals surface area contributed by atoms with Gasteiger partial charge in [-0.3, -0.25) is 23.7 Å². The SMILES string of the molecule is CCn1c(O[C@@H]2C[C@H]3C(=O)C[C@]4(C(=O)NS(=O)(=O)C5(C)CC5)C[C@H]4CCCCCCC[C@H](Cc4cc(C)cc(F)c4)C(=O)N3C2)nc2ccccc21. The number of hydrogen-bond donors (Lipinski definition) is 1. The number of para-hydroxylation sites is 2. The molecule has 0 radical (unpaired) electrons. The molecule has 0 unspecified atom stereocenters. The lowest BCUT2D eigenvalue weighted by Crippen LogP contribution is -2.47. The summed E-state index contributed by atoms with van der Waals surface area (Å²) in [6.45, 7) is 6.26. The van der Waals surface area contributed by atoms with Crippen molar-refractivity contribution in [3.05, 3.63) is 59.4 Å². The second-order valence-electron chi connectivity index (χ2n) is 16.1. The Bertz CT molecular complexity index is 1950. The third-order valence-electron chi connectivity index (χ3n) is 12.2. The van der Waals surface area contributed by atoms with Crippen LogP contribution in [0, 0.1) is 30.0 Å². The van der Waals surface area contributed by atoms with Gasteiger partial charge in [-0.05, 0) is 101 Å². The number of benzene rings is 2. The van der Waals surface area contributed by atoms with Gasteiger partial charge in [0.25, 0.3) is 6.01 Å². The van der Waals surface area contributed by atoms with Gasteiger partial charge >= 0.3 is 0 Å². The Balaban J connectivity index is 1.20. The normalized spacial score (nSPS) is 28.0. The Morgan fingerprint density at radius 1 is 1.06 bits per heavy atom. The van der Waals surface area contributed by atoms with Gasteiger partial charge in [-0.15, -0.1) is 0 Å². The van der Waals surface area contributed by atoms with E-state index in [0.29, 0.717) is 44.7 Å². The molecule has 52 heavy (non-hydrogen) atoms. The maximum atomic E-state index is 14.7. The van der Waals surface area contributed by atoms with Gasteiger partial charge in [-0.25, -0.2) is 12.8 Å². The monoisotopic (exact) mass is 734 g/mol. The Labute approximate surface area is 305 Å². The number of nitrogens with one attached hydrogen (secondary N) is 1. The maximum absolute atomic E-state index is 14.7. The lowest BCUT2D eigenvalue weighted by Gasteiger charge is -2.29. The van der Waals surface area contributed by atoms with Gasteiger partial charge in [0.05, 0.1) is 33.8 Å². The molecular weight excluding hydrogens is 684 g/mol. The molecule has 1 aromatic heterocycles. The van der Waals surface area contributed by atoms with Crippen LogP contribution < -0.4 is 9.46 Å². The van der Waals surface area contributed by atoms with E-state index in [9.17, 15) is 27.2 Å². The van der Waals surface area contributed by atoms with Crippen LogP contribution in [0.2, 0.25) is 0 Å². The lowest BCUT2D eigenvalue weighted by molar-refractivity contribution is -0.142. The van der Waals surface area contributed by atoms with E-state index < -0.39 is 44.2 Å². The highest BCUT2D eigenvalue weighted by atomic mass is 32.2. The molecule has 4 fully saturated rings. The molecule has 2 saturated carbocycles. The van der Waals surface area contributed by atoms with Crippen molar-refractivity contribution in [2.24, 2.45) is 17.3 Å². The summed E-state index contributed by atoms with van der Waals surface area (Å²) < 4.78 is 50.8. The number of halogens is 1. The first-order valence-electron chi connectivity index (χ1n) is 19.1. The molecular formula is C40H51FN4O6S. The van der Waals surface area contributed by atoms with E-state index in [1.807, 2.05) is 48.7 Å². The zero-order valence-corrected chi connectivity index (χ0v) is 31.4.